The maximum absolute atomic E-state index is 11.9. The third-order valence-corrected chi connectivity index (χ3v) is 5.27. The van der Waals surface area contributed by atoms with Gasteiger partial charge in [-0.25, -0.2) is 9.97 Å². The van der Waals surface area contributed by atoms with Gasteiger partial charge in [-0.05, 0) is 6.07 Å². The molecule has 4 heterocycles. The molecule has 1 N–H and O–H groups in total. The van der Waals surface area contributed by atoms with Gasteiger partial charge in [0, 0.05) is 75.6 Å². The topological polar surface area (TPSA) is 86.7 Å². The Labute approximate surface area is 170 Å². The van der Waals surface area contributed by atoms with Crippen molar-refractivity contribution in [2.24, 2.45) is 0 Å². The first-order valence-corrected chi connectivity index (χ1v) is 9.69. The first-order valence-electron chi connectivity index (χ1n) is 9.69. The predicted octanol–water partition coefficient (Wildman–Crippen LogP) is 0.573. The Hall–Kier alpha value is -3.04. The van der Waals surface area contributed by atoms with Crippen LogP contribution in [-0.4, -0.2) is 78.6 Å². The van der Waals surface area contributed by atoms with E-state index < -0.39 is 6.04 Å². The summed E-state index contributed by atoms with van der Waals surface area (Å²) >= 11 is 0. The van der Waals surface area contributed by atoms with E-state index in [0.29, 0.717) is 5.82 Å². The maximum atomic E-state index is 11.9. The first-order chi connectivity index (χ1) is 14.3. The molecule has 0 aromatic carbocycles. The lowest BCUT2D eigenvalue weighted by molar-refractivity contribution is -0.107. The van der Waals surface area contributed by atoms with E-state index in [1.54, 1.807) is 30.8 Å². The fraction of sp³-hybridized carbons (Fsp3) is 0.400. The van der Waals surface area contributed by atoms with E-state index in [1.165, 1.54) is 0 Å². The van der Waals surface area contributed by atoms with Gasteiger partial charge in [-0.15, -0.1) is 0 Å². The summed E-state index contributed by atoms with van der Waals surface area (Å²) in [5, 5.41) is 1.76. The SMILES string of the molecule is COCCN1CCN(c2cc(N3NC=C(c4cccnc4)C3C=O)ncn2)CC1. The molecule has 2 aromatic rings. The van der Waals surface area contributed by atoms with Gasteiger partial charge < -0.3 is 19.9 Å². The smallest absolute Gasteiger partial charge is 0.153 e. The van der Waals surface area contributed by atoms with Gasteiger partial charge in [0.15, 0.2) is 5.82 Å². The number of hydrazine groups is 1. The predicted molar refractivity (Wildman–Crippen MR) is 110 cm³/mol. The molecule has 0 aliphatic carbocycles. The molecule has 1 atom stereocenters. The maximum Gasteiger partial charge on any atom is 0.153 e. The number of carbonyl (C=O) groups is 1. The number of pyridine rings is 1. The van der Waals surface area contributed by atoms with Gasteiger partial charge in [-0.3, -0.25) is 14.9 Å². The molecule has 2 aromatic heterocycles. The van der Waals surface area contributed by atoms with Gasteiger partial charge in [0.05, 0.1) is 6.61 Å². The van der Waals surface area contributed by atoms with Gasteiger partial charge >= 0.3 is 0 Å². The molecule has 0 saturated carbocycles. The van der Waals surface area contributed by atoms with Crippen LogP contribution in [0.4, 0.5) is 11.6 Å². The largest absolute Gasteiger partial charge is 0.383 e. The van der Waals surface area contributed by atoms with E-state index >= 15 is 0 Å². The number of carbonyl (C=O) groups excluding carboxylic acids is 1. The Balaban J connectivity index is 1.46. The average molecular weight is 395 g/mol. The highest BCUT2D eigenvalue weighted by atomic mass is 16.5. The Morgan fingerprint density at radius 3 is 2.79 bits per heavy atom. The summed E-state index contributed by atoms with van der Waals surface area (Å²) in [4.78, 5) is 29.5. The van der Waals surface area contributed by atoms with Crippen LogP contribution in [0.15, 0.2) is 43.1 Å². The van der Waals surface area contributed by atoms with Crippen LogP contribution < -0.4 is 15.3 Å². The van der Waals surface area contributed by atoms with Crippen LogP contribution in [0, 0.1) is 0 Å². The van der Waals surface area contributed by atoms with Crippen molar-refractivity contribution in [1.29, 1.82) is 0 Å². The molecule has 0 amide bonds. The number of nitrogens with zero attached hydrogens (tertiary/aromatic N) is 6. The minimum absolute atomic E-state index is 0.479. The Morgan fingerprint density at radius 1 is 1.24 bits per heavy atom. The highest BCUT2D eigenvalue weighted by Gasteiger charge is 2.30. The van der Waals surface area contributed by atoms with Crippen molar-refractivity contribution in [1.82, 2.24) is 25.3 Å². The van der Waals surface area contributed by atoms with Crippen molar-refractivity contribution < 1.29 is 9.53 Å². The summed E-state index contributed by atoms with van der Waals surface area (Å²) in [6.45, 7) is 5.41. The number of nitrogens with one attached hydrogen (secondary N) is 1. The number of methoxy groups -OCH3 is 1. The lowest BCUT2D eigenvalue weighted by Gasteiger charge is -2.35. The van der Waals surface area contributed by atoms with Gasteiger partial charge in [0.2, 0.25) is 0 Å². The molecule has 1 fully saturated rings. The van der Waals surface area contributed by atoms with Gasteiger partial charge in [-0.1, -0.05) is 6.07 Å². The molecule has 4 rings (SSSR count). The average Bonchev–Trinajstić information content (AvgIpc) is 3.23. The van der Waals surface area contributed by atoms with Crippen LogP contribution in [0.2, 0.25) is 0 Å². The number of piperazine rings is 1. The molecule has 0 radical (unpaired) electrons. The fourth-order valence-electron chi connectivity index (χ4n) is 3.64. The van der Waals surface area contributed by atoms with Crippen LogP contribution in [0.25, 0.3) is 5.57 Å². The summed E-state index contributed by atoms with van der Waals surface area (Å²) in [5.41, 5.74) is 4.93. The van der Waals surface area contributed by atoms with Crippen LogP contribution >= 0.6 is 0 Å². The molecule has 152 valence electrons. The Kier molecular flexibility index (Phi) is 5.97. The van der Waals surface area contributed by atoms with Gasteiger partial charge in [0.1, 0.15) is 24.5 Å². The van der Waals surface area contributed by atoms with Crippen molar-refractivity contribution in [3.63, 3.8) is 0 Å². The van der Waals surface area contributed by atoms with E-state index in [2.05, 4.69) is 30.2 Å². The molecule has 1 saturated heterocycles. The molecule has 29 heavy (non-hydrogen) atoms. The van der Waals surface area contributed by atoms with Crippen LogP contribution in [0.3, 0.4) is 0 Å². The second-order valence-corrected chi connectivity index (χ2v) is 6.98. The third-order valence-electron chi connectivity index (χ3n) is 5.27. The summed E-state index contributed by atoms with van der Waals surface area (Å²) in [5.74, 6) is 1.52. The monoisotopic (exact) mass is 395 g/mol. The molecule has 0 spiro atoms. The van der Waals surface area contributed by atoms with E-state index in [0.717, 1.165) is 62.6 Å². The molecule has 0 bridgehead atoms. The molecule has 9 nitrogen and oxygen atoms in total. The molecule has 2 aliphatic rings. The molecular weight excluding hydrogens is 370 g/mol. The zero-order valence-corrected chi connectivity index (χ0v) is 16.4. The van der Waals surface area contributed by atoms with Crippen LogP contribution in [0.5, 0.6) is 0 Å². The molecule has 9 heteroatoms. The van der Waals surface area contributed by atoms with E-state index in [-0.39, 0.29) is 0 Å². The first kappa shape index (κ1) is 19.3. The lowest BCUT2D eigenvalue weighted by atomic mass is 10.0. The number of rotatable bonds is 7. The Morgan fingerprint density at radius 2 is 2.07 bits per heavy atom. The zero-order chi connectivity index (χ0) is 20.1. The zero-order valence-electron chi connectivity index (χ0n) is 16.4. The van der Waals surface area contributed by atoms with Crippen molar-refractivity contribution in [2.45, 2.75) is 6.04 Å². The fourth-order valence-corrected chi connectivity index (χ4v) is 3.64. The molecule has 2 aliphatic heterocycles. The number of aromatic nitrogens is 3. The summed E-state index contributed by atoms with van der Waals surface area (Å²) in [7, 11) is 1.73. The standard InChI is InChI=1S/C20H25N7O2/c1-29-10-9-25-5-7-26(8-6-25)19-11-20(23-15-22-19)27-18(14-28)17(13-24-27)16-3-2-4-21-12-16/h2-4,11-15,18,24H,5-10H2,1H3. The lowest BCUT2D eigenvalue weighted by Crippen LogP contribution is -2.47. The second-order valence-electron chi connectivity index (χ2n) is 6.98. The quantitative estimate of drug-likeness (QED) is 0.676. The minimum Gasteiger partial charge on any atom is -0.383 e. The van der Waals surface area contributed by atoms with Crippen molar-refractivity contribution in [3.05, 3.63) is 48.7 Å². The second kappa shape index (κ2) is 8.97. The minimum atomic E-state index is -0.479. The number of anilines is 2. The third kappa shape index (κ3) is 4.20. The van der Waals surface area contributed by atoms with E-state index in [9.17, 15) is 4.79 Å². The van der Waals surface area contributed by atoms with Crippen molar-refractivity contribution in [3.8, 4) is 0 Å². The number of hydrogen-bond donors (Lipinski definition) is 1. The van der Waals surface area contributed by atoms with E-state index in [1.807, 2.05) is 24.4 Å². The van der Waals surface area contributed by atoms with Gasteiger partial charge in [0.25, 0.3) is 0 Å². The molecule has 1 unspecified atom stereocenters. The van der Waals surface area contributed by atoms with Crippen molar-refractivity contribution >= 4 is 23.5 Å². The summed E-state index contributed by atoms with van der Waals surface area (Å²) in [6, 6.07) is 5.24. The number of hydrogen-bond acceptors (Lipinski definition) is 9. The van der Waals surface area contributed by atoms with E-state index in [4.69, 9.17) is 4.74 Å². The number of aldehydes is 1. The summed E-state index contributed by atoms with van der Waals surface area (Å²) in [6.07, 6.45) is 7.75. The highest BCUT2D eigenvalue weighted by molar-refractivity contribution is 5.89. The summed E-state index contributed by atoms with van der Waals surface area (Å²) < 4.78 is 5.16. The van der Waals surface area contributed by atoms with Crippen molar-refractivity contribution in [2.75, 3.05) is 56.3 Å². The van der Waals surface area contributed by atoms with Gasteiger partial charge in [-0.2, -0.15) is 0 Å². The Bertz CT molecular complexity index is 853. The van der Waals surface area contributed by atoms with Crippen LogP contribution in [-0.2, 0) is 9.53 Å². The van der Waals surface area contributed by atoms with Crippen LogP contribution in [0.1, 0.15) is 5.56 Å². The normalized spacial score (nSPS) is 19.8. The number of ether oxygens (including phenoxy) is 1. The highest BCUT2D eigenvalue weighted by Crippen LogP contribution is 2.28. The molecular formula is C20H25N7O2.